The summed E-state index contributed by atoms with van der Waals surface area (Å²) in [6, 6.07) is 2.85. The lowest BCUT2D eigenvalue weighted by Crippen LogP contribution is -2.56. The number of hydrogen-bond donors (Lipinski definition) is 1. The maximum Gasteiger partial charge on any atom is 0.256 e. The van der Waals surface area contributed by atoms with Crippen molar-refractivity contribution in [3.05, 3.63) is 18.2 Å². The number of nitrogens with one attached hydrogen (secondary N) is 1. The van der Waals surface area contributed by atoms with Crippen molar-refractivity contribution < 1.29 is 26.7 Å². The first-order chi connectivity index (χ1) is 10.4. The van der Waals surface area contributed by atoms with E-state index in [0.717, 1.165) is 4.31 Å². The molecule has 1 heterocycles. The number of sulfonamides is 1. The van der Waals surface area contributed by atoms with Crippen molar-refractivity contribution in [1.82, 2.24) is 9.62 Å². The van der Waals surface area contributed by atoms with Crippen LogP contribution < -0.4 is 14.8 Å². The number of alkyl halides is 2. The second-order valence-electron chi connectivity index (χ2n) is 4.74. The Balaban J connectivity index is 2.48. The van der Waals surface area contributed by atoms with Gasteiger partial charge in [0.1, 0.15) is 16.4 Å². The van der Waals surface area contributed by atoms with Gasteiger partial charge < -0.3 is 14.8 Å². The van der Waals surface area contributed by atoms with E-state index in [1.807, 2.05) is 0 Å². The quantitative estimate of drug-likeness (QED) is 0.866. The molecule has 1 aromatic rings. The largest absolute Gasteiger partial charge is 0.497 e. The zero-order valence-corrected chi connectivity index (χ0v) is 13.1. The first-order valence-corrected chi connectivity index (χ1v) is 8.08. The number of piperazine rings is 1. The van der Waals surface area contributed by atoms with Crippen molar-refractivity contribution in [1.29, 1.82) is 0 Å². The zero-order valence-electron chi connectivity index (χ0n) is 12.3. The standard InChI is InChI=1S/C13H18F2N2O4S/c1-20-9-3-4-11(21-2)12(7-9)22(18,19)17-6-5-16-8-10(17)13(14)15/h3-4,7,10,13,16H,5-6,8H2,1-2H3. The Kier molecular flexibility index (Phi) is 5.20. The predicted molar refractivity (Wildman–Crippen MR) is 76.1 cm³/mol. The van der Waals surface area contributed by atoms with Crippen LogP contribution in [0.25, 0.3) is 0 Å². The van der Waals surface area contributed by atoms with Gasteiger partial charge in [0.15, 0.2) is 0 Å². The molecular weight excluding hydrogens is 318 g/mol. The van der Waals surface area contributed by atoms with Gasteiger partial charge in [-0.1, -0.05) is 0 Å². The molecule has 124 valence electrons. The third-order valence-electron chi connectivity index (χ3n) is 3.48. The Morgan fingerprint density at radius 3 is 2.64 bits per heavy atom. The Labute approximate surface area is 128 Å². The molecule has 0 spiro atoms. The van der Waals surface area contributed by atoms with Gasteiger partial charge in [-0.2, -0.15) is 4.31 Å². The predicted octanol–water partition coefficient (Wildman–Crippen LogP) is 0.931. The number of nitrogens with zero attached hydrogens (tertiary/aromatic N) is 1. The summed E-state index contributed by atoms with van der Waals surface area (Å²) in [6.07, 6.45) is -2.78. The SMILES string of the molecule is COc1ccc(OC)c(S(=O)(=O)N2CCNCC2C(F)F)c1. The maximum atomic E-state index is 13.1. The van der Waals surface area contributed by atoms with Gasteiger partial charge in [0.25, 0.3) is 6.43 Å². The highest BCUT2D eigenvalue weighted by molar-refractivity contribution is 7.89. The van der Waals surface area contributed by atoms with Crippen LogP contribution in [0.15, 0.2) is 23.1 Å². The number of hydrogen-bond acceptors (Lipinski definition) is 5. The summed E-state index contributed by atoms with van der Waals surface area (Å²) in [5.41, 5.74) is 0. The summed E-state index contributed by atoms with van der Waals surface area (Å²) in [5.74, 6) is 0.399. The van der Waals surface area contributed by atoms with Crippen molar-refractivity contribution in [2.75, 3.05) is 33.9 Å². The average molecular weight is 336 g/mol. The molecule has 0 bridgehead atoms. The van der Waals surface area contributed by atoms with E-state index < -0.39 is 22.5 Å². The molecule has 9 heteroatoms. The smallest absolute Gasteiger partial charge is 0.256 e. The Morgan fingerprint density at radius 2 is 2.05 bits per heavy atom. The molecule has 1 unspecified atom stereocenters. The van der Waals surface area contributed by atoms with Gasteiger partial charge in [0.2, 0.25) is 10.0 Å². The van der Waals surface area contributed by atoms with Crippen LogP contribution in [0.3, 0.4) is 0 Å². The fourth-order valence-corrected chi connectivity index (χ4v) is 4.11. The van der Waals surface area contributed by atoms with E-state index in [0.29, 0.717) is 12.3 Å². The first kappa shape index (κ1) is 16.9. The highest BCUT2D eigenvalue weighted by atomic mass is 32.2. The van der Waals surface area contributed by atoms with Crippen LogP contribution >= 0.6 is 0 Å². The van der Waals surface area contributed by atoms with Crippen molar-refractivity contribution in [2.24, 2.45) is 0 Å². The van der Waals surface area contributed by atoms with E-state index in [-0.39, 0.29) is 23.7 Å². The highest BCUT2D eigenvalue weighted by Crippen LogP contribution is 2.32. The maximum absolute atomic E-state index is 13.1. The molecule has 0 saturated carbocycles. The summed E-state index contributed by atoms with van der Waals surface area (Å²) >= 11 is 0. The zero-order chi connectivity index (χ0) is 16.3. The minimum atomic E-state index is -4.12. The number of ether oxygens (including phenoxy) is 2. The summed E-state index contributed by atoms with van der Waals surface area (Å²) in [4.78, 5) is -0.179. The van der Waals surface area contributed by atoms with Crippen molar-refractivity contribution in [2.45, 2.75) is 17.4 Å². The van der Waals surface area contributed by atoms with Crippen molar-refractivity contribution in [3.63, 3.8) is 0 Å². The molecule has 1 N–H and O–H groups in total. The van der Waals surface area contributed by atoms with E-state index in [1.54, 1.807) is 6.07 Å². The first-order valence-electron chi connectivity index (χ1n) is 6.64. The van der Waals surface area contributed by atoms with E-state index in [2.05, 4.69) is 5.32 Å². The Hall–Kier alpha value is -1.45. The van der Waals surface area contributed by atoms with Gasteiger partial charge in [-0.05, 0) is 12.1 Å². The van der Waals surface area contributed by atoms with Crippen LogP contribution in [0.5, 0.6) is 11.5 Å². The summed E-state index contributed by atoms with van der Waals surface area (Å²) in [5, 5.41) is 2.78. The number of rotatable bonds is 5. The molecule has 1 saturated heterocycles. The third kappa shape index (κ3) is 3.16. The normalized spacial score (nSPS) is 20.1. The fourth-order valence-electron chi connectivity index (χ4n) is 2.33. The van der Waals surface area contributed by atoms with Gasteiger partial charge >= 0.3 is 0 Å². The lowest BCUT2D eigenvalue weighted by Gasteiger charge is -2.34. The van der Waals surface area contributed by atoms with Crippen LogP contribution in [0.4, 0.5) is 8.78 Å². The molecule has 0 aliphatic carbocycles. The summed E-state index contributed by atoms with van der Waals surface area (Å²) < 4.78 is 62.7. The molecule has 1 fully saturated rings. The lowest BCUT2D eigenvalue weighted by atomic mass is 10.2. The Morgan fingerprint density at radius 1 is 1.32 bits per heavy atom. The van der Waals surface area contributed by atoms with Crippen LogP contribution in [-0.4, -0.2) is 59.0 Å². The highest BCUT2D eigenvalue weighted by Gasteiger charge is 2.39. The second-order valence-corrected chi connectivity index (χ2v) is 6.60. The molecule has 0 amide bonds. The number of halogens is 2. The van der Waals surface area contributed by atoms with Crippen molar-refractivity contribution in [3.8, 4) is 11.5 Å². The van der Waals surface area contributed by atoms with Gasteiger partial charge in [0.05, 0.1) is 20.3 Å². The minimum Gasteiger partial charge on any atom is -0.497 e. The van der Waals surface area contributed by atoms with E-state index >= 15 is 0 Å². The summed E-state index contributed by atoms with van der Waals surface area (Å²) in [6.45, 7) is 0.190. The second kappa shape index (κ2) is 6.76. The number of benzene rings is 1. The van der Waals surface area contributed by atoms with E-state index in [4.69, 9.17) is 9.47 Å². The molecule has 1 atom stereocenters. The van der Waals surface area contributed by atoms with E-state index in [1.165, 1.54) is 26.4 Å². The van der Waals surface area contributed by atoms with Gasteiger partial charge in [-0.25, -0.2) is 17.2 Å². The van der Waals surface area contributed by atoms with Gasteiger partial charge in [0, 0.05) is 25.7 Å². The molecular formula is C13H18F2N2O4S. The van der Waals surface area contributed by atoms with Gasteiger partial charge in [-0.15, -0.1) is 0 Å². The summed E-state index contributed by atoms with van der Waals surface area (Å²) in [7, 11) is -1.41. The molecule has 1 aliphatic rings. The molecule has 6 nitrogen and oxygen atoms in total. The third-order valence-corrected chi connectivity index (χ3v) is 5.43. The Bertz CT molecular complexity index is 624. The molecule has 2 rings (SSSR count). The molecule has 0 aromatic heterocycles. The molecule has 1 aromatic carbocycles. The van der Waals surface area contributed by atoms with Crippen LogP contribution in [0, 0.1) is 0 Å². The number of methoxy groups -OCH3 is 2. The van der Waals surface area contributed by atoms with Crippen LogP contribution in [0.2, 0.25) is 0 Å². The average Bonchev–Trinajstić information content (AvgIpc) is 2.54. The van der Waals surface area contributed by atoms with Crippen LogP contribution in [-0.2, 0) is 10.0 Å². The molecule has 22 heavy (non-hydrogen) atoms. The van der Waals surface area contributed by atoms with E-state index in [9.17, 15) is 17.2 Å². The fraction of sp³-hybridized carbons (Fsp3) is 0.538. The van der Waals surface area contributed by atoms with Gasteiger partial charge in [-0.3, -0.25) is 0 Å². The molecule has 1 aliphatic heterocycles. The topological polar surface area (TPSA) is 67.9 Å². The minimum absolute atomic E-state index is 0.0301. The monoisotopic (exact) mass is 336 g/mol. The van der Waals surface area contributed by atoms with Crippen molar-refractivity contribution >= 4 is 10.0 Å². The molecule has 0 radical (unpaired) electrons. The van der Waals surface area contributed by atoms with Crippen LogP contribution in [0.1, 0.15) is 0 Å². The lowest BCUT2D eigenvalue weighted by molar-refractivity contribution is 0.0513.